The van der Waals surface area contributed by atoms with Crippen LogP contribution >= 0.6 is 0 Å². The van der Waals surface area contributed by atoms with Crippen LogP contribution in [0.2, 0.25) is 0 Å². The lowest BCUT2D eigenvalue weighted by Crippen LogP contribution is -2.49. The van der Waals surface area contributed by atoms with Gasteiger partial charge in [-0.25, -0.2) is 0 Å². The molecule has 0 spiro atoms. The van der Waals surface area contributed by atoms with Crippen LogP contribution in [-0.4, -0.2) is 49.8 Å². The van der Waals surface area contributed by atoms with E-state index in [1.54, 1.807) is 7.11 Å². The quantitative estimate of drug-likeness (QED) is 0.767. The lowest BCUT2D eigenvalue weighted by Gasteiger charge is -2.35. The monoisotopic (exact) mass is 240 g/mol. The van der Waals surface area contributed by atoms with Gasteiger partial charge in [-0.2, -0.15) is 0 Å². The van der Waals surface area contributed by atoms with Gasteiger partial charge in [0.15, 0.2) is 0 Å². The van der Waals surface area contributed by atoms with Crippen molar-refractivity contribution >= 4 is 0 Å². The Hall–Kier alpha value is -0.120. The summed E-state index contributed by atoms with van der Waals surface area (Å²) in [6.07, 6.45) is 5.50. The lowest BCUT2D eigenvalue weighted by atomic mass is 9.99. The highest BCUT2D eigenvalue weighted by molar-refractivity contribution is 4.89. The van der Waals surface area contributed by atoms with Crippen molar-refractivity contribution in [2.24, 2.45) is 5.92 Å². The van der Waals surface area contributed by atoms with Crippen LogP contribution in [0.5, 0.6) is 0 Å². The standard InChI is InChI=1S/C14H28N2O/c1-11(2)14(10-17-3)15-12-6-8-16(9-7-12)13-4-5-13/h11-15H,4-10H2,1-3H3. The molecular weight excluding hydrogens is 212 g/mol. The molecule has 0 amide bonds. The van der Waals surface area contributed by atoms with Crippen molar-refractivity contribution in [1.29, 1.82) is 0 Å². The second kappa shape index (κ2) is 6.17. The van der Waals surface area contributed by atoms with E-state index in [0.29, 0.717) is 18.0 Å². The van der Waals surface area contributed by atoms with Gasteiger partial charge in [0.1, 0.15) is 0 Å². The molecule has 1 unspecified atom stereocenters. The highest BCUT2D eigenvalue weighted by Gasteiger charge is 2.32. The molecule has 2 aliphatic rings. The van der Waals surface area contributed by atoms with Crippen LogP contribution in [-0.2, 0) is 4.74 Å². The number of methoxy groups -OCH3 is 1. The van der Waals surface area contributed by atoms with E-state index < -0.39 is 0 Å². The summed E-state index contributed by atoms with van der Waals surface area (Å²) < 4.78 is 5.30. The normalized spacial score (nSPS) is 25.4. The Kier molecular flexibility index (Phi) is 4.83. The van der Waals surface area contributed by atoms with Crippen LogP contribution in [0.25, 0.3) is 0 Å². The van der Waals surface area contributed by atoms with Crippen molar-refractivity contribution < 1.29 is 4.74 Å². The summed E-state index contributed by atoms with van der Waals surface area (Å²) in [5.41, 5.74) is 0. The summed E-state index contributed by atoms with van der Waals surface area (Å²) in [5, 5.41) is 3.78. The number of hydrogen-bond acceptors (Lipinski definition) is 3. The Labute approximate surface area is 106 Å². The molecule has 3 heteroatoms. The predicted octanol–water partition coefficient (Wildman–Crippen LogP) is 1.87. The number of piperidine rings is 1. The maximum Gasteiger partial charge on any atom is 0.0618 e. The van der Waals surface area contributed by atoms with E-state index in [1.807, 2.05) is 0 Å². The molecule has 1 saturated heterocycles. The first kappa shape index (κ1) is 13.3. The van der Waals surface area contributed by atoms with Crippen LogP contribution in [0, 0.1) is 5.92 Å². The number of likely N-dealkylation sites (tertiary alicyclic amines) is 1. The first-order chi connectivity index (χ1) is 8.20. The van der Waals surface area contributed by atoms with Gasteiger partial charge in [-0.3, -0.25) is 0 Å². The highest BCUT2D eigenvalue weighted by Crippen LogP contribution is 2.29. The fourth-order valence-electron chi connectivity index (χ4n) is 2.79. The van der Waals surface area contributed by atoms with E-state index in [0.717, 1.165) is 12.6 Å². The molecule has 1 N–H and O–H groups in total. The SMILES string of the molecule is COCC(NC1CCN(C2CC2)CC1)C(C)C. The van der Waals surface area contributed by atoms with Gasteiger partial charge >= 0.3 is 0 Å². The second-order valence-electron chi connectivity index (χ2n) is 6.01. The summed E-state index contributed by atoms with van der Waals surface area (Å²) in [4.78, 5) is 2.68. The second-order valence-corrected chi connectivity index (χ2v) is 6.01. The molecule has 0 aromatic heterocycles. The maximum atomic E-state index is 5.30. The number of nitrogens with one attached hydrogen (secondary N) is 1. The van der Waals surface area contributed by atoms with Crippen LogP contribution in [0.1, 0.15) is 39.5 Å². The molecule has 0 radical (unpaired) electrons. The molecule has 100 valence electrons. The minimum atomic E-state index is 0.512. The summed E-state index contributed by atoms with van der Waals surface area (Å²) in [6.45, 7) is 7.97. The van der Waals surface area contributed by atoms with Crippen LogP contribution < -0.4 is 5.32 Å². The molecular formula is C14H28N2O. The van der Waals surface area contributed by atoms with Gasteiger partial charge in [-0.05, 0) is 44.7 Å². The molecule has 1 atom stereocenters. The Bertz CT molecular complexity index is 220. The maximum absolute atomic E-state index is 5.30. The van der Waals surface area contributed by atoms with Crippen LogP contribution in [0.3, 0.4) is 0 Å². The number of ether oxygens (including phenoxy) is 1. The van der Waals surface area contributed by atoms with Gasteiger partial charge in [0.05, 0.1) is 6.61 Å². The van der Waals surface area contributed by atoms with Crippen LogP contribution in [0.15, 0.2) is 0 Å². The van der Waals surface area contributed by atoms with Crippen molar-refractivity contribution in [3.05, 3.63) is 0 Å². The third-order valence-corrected chi connectivity index (χ3v) is 4.19. The molecule has 0 bridgehead atoms. The van der Waals surface area contributed by atoms with Gasteiger partial charge < -0.3 is 15.0 Å². The molecule has 2 fully saturated rings. The molecule has 0 aromatic rings. The van der Waals surface area contributed by atoms with E-state index in [1.165, 1.54) is 38.8 Å². The average Bonchev–Trinajstić information content (AvgIpc) is 3.13. The third-order valence-electron chi connectivity index (χ3n) is 4.19. The van der Waals surface area contributed by atoms with Gasteiger partial charge in [-0.15, -0.1) is 0 Å². The van der Waals surface area contributed by atoms with Gasteiger partial charge in [0.25, 0.3) is 0 Å². The molecule has 3 nitrogen and oxygen atoms in total. The minimum Gasteiger partial charge on any atom is -0.383 e. The van der Waals surface area contributed by atoms with Crippen LogP contribution in [0.4, 0.5) is 0 Å². The molecule has 1 heterocycles. The van der Waals surface area contributed by atoms with Crippen molar-refractivity contribution in [2.45, 2.75) is 57.7 Å². The molecule has 17 heavy (non-hydrogen) atoms. The van der Waals surface area contributed by atoms with Gasteiger partial charge in [0.2, 0.25) is 0 Å². The summed E-state index contributed by atoms with van der Waals surface area (Å²) in [5.74, 6) is 0.649. The smallest absolute Gasteiger partial charge is 0.0618 e. The number of hydrogen-bond donors (Lipinski definition) is 1. The lowest BCUT2D eigenvalue weighted by molar-refractivity contribution is 0.122. The number of rotatable bonds is 6. The zero-order valence-electron chi connectivity index (χ0n) is 11.6. The Morgan fingerprint density at radius 1 is 1.18 bits per heavy atom. The fraction of sp³-hybridized carbons (Fsp3) is 1.00. The first-order valence-corrected chi connectivity index (χ1v) is 7.19. The Morgan fingerprint density at radius 2 is 1.82 bits per heavy atom. The van der Waals surface area contributed by atoms with Gasteiger partial charge in [0, 0.05) is 25.2 Å². The molecule has 1 aliphatic heterocycles. The van der Waals surface area contributed by atoms with Crippen molar-refractivity contribution in [3.8, 4) is 0 Å². The topological polar surface area (TPSA) is 24.5 Å². The van der Waals surface area contributed by atoms with E-state index in [4.69, 9.17) is 4.74 Å². The van der Waals surface area contributed by atoms with Crippen molar-refractivity contribution in [2.75, 3.05) is 26.8 Å². The third kappa shape index (κ3) is 3.94. The minimum absolute atomic E-state index is 0.512. The predicted molar refractivity (Wildman–Crippen MR) is 71.3 cm³/mol. The van der Waals surface area contributed by atoms with Crippen molar-refractivity contribution in [3.63, 3.8) is 0 Å². The van der Waals surface area contributed by atoms with E-state index in [9.17, 15) is 0 Å². The zero-order valence-corrected chi connectivity index (χ0v) is 11.6. The van der Waals surface area contributed by atoms with E-state index >= 15 is 0 Å². The summed E-state index contributed by atoms with van der Waals surface area (Å²) >= 11 is 0. The molecule has 2 rings (SSSR count). The van der Waals surface area contributed by atoms with E-state index in [2.05, 4.69) is 24.1 Å². The zero-order chi connectivity index (χ0) is 12.3. The van der Waals surface area contributed by atoms with E-state index in [-0.39, 0.29) is 0 Å². The summed E-state index contributed by atoms with van der Waals surface area (Å²) in [6, 6.07) is 2.15. The highest BCUT2D eigenvalue weighted by atomic mass is 16.5. The summed E-state index contributed by atoms with van der Waals surface area (Å²) in [7, 11) is 1.80. The number of nitrogens with zero attached hydrogens (tertiary/aromatic N) is 1. The average molecular weight is 240 g/mol. The fourth-order valence-corrected chi connectivity index (χ4v) is 2.79. The first-order valence-electron chi connectivity index (χ1n) is 7.19. The Balaban J connectivity index is 1.71. The molecule has 1 saturated carbocycles. The van der Waals surface area contributed by atoms with Gasteiger partial charge in [-0.1, -0.05) is 13.8 Å². The molecule has 0 aromatic carbocycles. The largest absolute Gasteiger partial charge is 0.383 e. The molecule has 1 aliphatic carbocycles. The van der Waals surface area contributed by atoms with Crippen molar-refractivity contribution in [1.82, 2.24) is 10.2 Å². The Morgan fingerprint density at radius 3 is 2.29 bits per heavy atom.